The van der Waals surface area contributed by atoms with Crippen LogP contribution < -0.4 is 16.8 Å². The maximum atomic E-state index is 12.6. The Kier molecular flexibility index (Phi) is 3.95. The van der Waals surface area contributed by atoms with Crippen LogP contribution >= 0.6 is 0 Å². The Hall–Kier alpha value is -1.76. The number of halogens is 3. The summed E-state index contributed by atoms with van der Waals surface area (Å²) in [5.74, 6) is -0.776. The van der Waals surface area contributed by atoms with Gasteiger partial charge in [-0.05, 0) is 12.1 Å². The van der Waals surface area contributed by atoms with Gasteiger partial charge in [0.05, 0.1) is 5.56 Å². The Labute approximate surface area is 95.8 Å². The Morgan fingerprint density at radius 1 is 1.35 bits per heavy atom. The second-order valence-electron chi connectivity index (χ2n) is 3.43. The number of nitrogens with one attached hydrogen (secondary N) is 1. The molecule has 0 radical (unpaired) electrons. The molecule has 4 nitrogen and oxygen atoms in total. The topological polar surface area (TPSA) is 81.1 Å². The largest absolute Gasteiger partial charge is 0.418 e. The molecule has 0 aromatic heterocycles. The zero-order valence-corrected chi connectivity index (χ0v) is 8.79. The molecule has 1 aromatic rings. The predicted molar refractivity (Wildman–Crippen MR) is 57.1 cm³/mol. The van der Waals surface area contributed by atoms with Crippen molar-refractivity contribution in [2.24, 2.45) is 11.5 Å². The molecule has 0 aliphatic rings. The number of primary amides is 1. The SMILES string of the molecule is NC(=O)C(N)CNc1ccccc1C(F)(F)F. The highest BCUT2D eigenvalue weighted by atomic mass is 19.4. The molecule has 0 spiro atoms. The fourth-order valence-corrected chi connectivity index (χ4v) is 1.20. The van der Waals surface area contributed by atoms with E-state index in [9.17, 15) is 18.0 Å². The van der Waals surface area contributed by atoms with Gasteiger partial charge < -0.3 is 16.8 Å². The number of nitrogens with two attached hydrogens (primary N) is 2. The number of hydrogen-bond donors (Lipinski definition) is 3. The van der Waals surface area contributed by atoms with Crippen LogP contribution in [0, 0.1) is 0 Å². The van der Waals surface area contributed by atoms with Crippen LogP contribution in [-0.4, -0.2) is 18.5 Å². The number of carbonyl (C=O) groups excluding carboxylic acids is 1. The monoisotopic (exact) mass is 247 g/mol. The van der Waals surface area contributed by atoms with Crippen molar-refractivity contribution < 1.29 is 18.0 Å². The summed E-state index contributed by atoms with van der Waals surface area (Å²) in [6, 6.07) is 3.90. The summed E-state index contributed by atoms with van der Waals surface area (Å²) >= 11 is 0. The van der Waals surface area contributed by atoms with Gasteiger partial charge in [-0.15, -0.1) is 0 Å². The maximum Gasteiger partial charge on any atom is 0.418 e. The number of anilines is 1. The molecule has 0 saturated heterocycles. The minimum atomic E-state index is -4.46. The van der Waals surface area contributed by atoms with Gasteiger partial charge in [-0.2, -0.15) is 13.2 Å². The van der Waals surface area contributed by atoms with Gasteiger partial charge in [-0.1, -0.05) is 12.1 Å². The van der Waals surface area contributed by atoms with E-state index in [2.05, 4.69) is 5.32 Å². The number of hydrogen-bond acceptors (Lipinski definition) is 3. The molecule has 1 unspecified atom stereocenters. The van der Waals surface area contributed by atoms with Crippen LogP contribution in [0.1, 0.15) is 5.56 Å². The first kappa shape index (κ1) is 13.3. The van der Waals surface area contributed by atoms with E-state index in [1.165, 1.54) is 18.2 Å². The zero-order valence-electron chi connectivity index (χ0n) is 8.79. The molecule has 0 fully saturated rings. The molecule has 0 saturated carbocycles. The van der Waals surface area contributed by atoms with E-state index in [4.69, 9.17) is 11.5 Å². The van der Waals surface area contributed by atoms with Crippen molar-refractivity contribution in [3.05, 3.63) is 29.8 Å². The second kappa shape index (κ2) is 5.05. The summed E-state index contributed by atoms with van der Waals surface area (Å²) < 4.78 is 37.7. The van der Waals surface area contributed by atoms with Crippen molar-refractivity contribution >= 4 is 11.6 Å². The molecule has 5 N–H and O–H groups in total. The highest BCUT2D eigenvalue weighted by molar-refractivity contribution is 5.80. The third kappa shape index (κ3) is 3.63. The van der Waals surface area contributed by atoms with E-state index in [1.54, 1.807) is 0 Å². The molecular weight excluding hydrogens is 235 g/mol. The molecule has 1 atom stereocenters. The molecule has 1 aromatic carbocycles. The molecule has 0 aliphatic carbocycles. The number of benzene rings is 1. The summed E-state index contributed by atoms with van der Waals surface area (Å²) in [5, 5.41) is 2.46. The summed E-state index contributed by atoms with van der Waals surface area (Å²) in [6.45, 7) is -0.150. The number of carbonyl (C=O) groups is 1. The molecular formula is C10H12F3N3O. The van der Waals surface area contributed by atoms with Crippen molar-refractivity contribution in [3.63, 3.8) is 0 Å². The van der Waals surface area contributed by atoms with Crippen LogP contribution in [0.4, 0.5) is 18.9 Å². The van der Waals surface area contributed by atoms with Gasteiger partial charge in [0, 0.05) is 12.2 Å². The predicted octanol–water partition coefficient (Wildman–Crippen LogP) is 0.930. The van der Waals surface area contributed by atoms with E-state index in [1.807, 2.05) is 0 Å². The average molecular weight is 247 g/mol. The Balaban J connectivity index is 2.81. The lowest BCUT2D eigenvalue weighted by Gasteiger charge is -2.15. The third-order valence-corrected chi connectivity index (χ3v) is 2.11. The van der Waals surface area contributed by atoms with E-state index in [-0.39, 0.29) is 12.2 Å². The first-order valence-corrected chi connectivity index (χ1v) is 4.77. The standard InChI is InChI=1S/C10H12F3N3O/c11-10(12,13)6-3-1-2-4-8(6)16-5-7(14)9(15)17/h1-4,7,16H,5,14H2,(H2,15,17). The first-order valence-electron chi connectivity index (χ1n) is 4.77. The van der Waals surface area contributed by atoms with Crippen LogP contribution in [-0.2, 0) is 11.0 Å². The van der Waals surface area contributed by atoms with Gasteiger partial charge in [0.15, 0.2) is 0 Å². The minimum absolute atomic E-state index is 0.128. The number of alkyl halides is 3. The fraction of sp³-hybridized carbons (Fsp3) is 0.300. The van der Waals surface area contributed by atoms with E-state index in [0.29, 0.717) is 0 Å². The fourth-order valence-electron chi connectivity index (χ4n) is 1.20. The molecule has 17 heavy (non-hydrogen) atoms. The normalized spacial score (nSPS) is 13.2. The summed E-state index contributed by atoms with van der Waals surface area (Å²) in [6.07, 6.45) is -4.46. The van der Waals surface area contributed by atoms with Crippen molar-refractivity contribution in [2.45, 2.75) is 12.2 Å². The van der Waals surface area contributed by atoms with E-state index >= 15 is 0 Å². The summed E-state index contributed by atoms with van der Waals surface area (Å²) in [7, 11) is 0. The lowest BCUT2D eigenvalue weighted by Crippen LogP contribution is -2.41. The molecule has 0 bridgehead atoms. The lowest BCUT2D eigenvalue weighted by molar-refractivity contribution is -0.137. The molecule has 0 heterocycles. The summed E-state index contributed by atoms with van der Waals surface area (Å²) in [4.78, 5) is 10.6. The van der Waals surface area contributed by atoms with Crippen LogP contribution in [0.15, 0.2) is 24.3 Å². The van der Waals surface area contributed by atoms with Gasteiger partial charge in [0.1, 0.15) is 6.04 Å². The highest BCUT2D eigenvalue weighted by Gasteiger charge is 2.33. The van der Waals surface area contributed by atoms with E-state index in [0.717, 1.165) is 6.07 Å². The van der Waals surface area contributed by atoms with Crippen LogP contribution in [0.5, 0.6) is 0 Å². The van der Waals surface area contributed by atoms with Crippen molar-refractivity contribution in [1.29, 1.82) is 0 Å². The second-order valence-corrected chi connectivity index (χ2v) is 3.43. The first-order chi connectivity index (χ1) is 7.82. The zero-order chi connectivity index (χ0) is 13.1. The lowest BCUT2D eigenvalue weighted by atomic mass is 10.1. The molecule has 1 rings (SSSR count). The van der Waals surface area contributed by atoms with Gasteiger partial charge in [-0.25, -0.2) is 0 Å². The van der Waals surface area contributed by atoms with Gasteiger partial charge in [-0.3, -0.25) is 4.79 Å². The number of amides is 1. The van der Waals surface area contributed by atoms with Crippen molar-refractivity contribution in [2.75, 3.05) is 11.9 Å². The quantitative estimate of drug-likeness (QED) is 0.740. The van der Waals surface area contributed by atoms with Crippen molar-refractivity contribution in [1.82, 2.24) is 0 Å². The number of rotatable bonds is 4. The molecule has 0 aliphatic heterocycles. The Morgan fingerprint density at radius 3 is 2.47 bits per heavy atom. The number of para-hydroxylation sites is 1. The highest BCUT2D eigenvalue weighted by Crippen LogP contribution is 2.34. The van der Waals surface area contributed by atoms with E-state index < -0.39 is 23.7 Å². The molecule has 1 amide bonds. The van der Waals surface area contributed by atoms with Crippen molar-refractivity contribution in [3.8, 4) is 0 Å². The Bertz CT molecular complexity index is 406. The van der Waals surface area contributed by atoms with Gasteiger partial charge in [0.25, 0.3) is 0 Å². The minimum Gasteiger partial charge on any atom is -0.382 e. The average Bonchev–Trinajstić information content (AvgIpc) is 2.24. The molecule has 7 heteroatoms. The van der Waals surface area contributed by atoms with Gasteiger partial charge in [0.2, 0.25) is 5.91 Å². The van der Waals surface area contributed by atoms with Crippen LogP contribution in [0.25, 0.3) is 0 Å². The van der Waals surface area contributed by atoms with Crippen LogP contribution in [0.2, 0.25) is 0 Å². The summed E-state index contributed by atoms with van der Waals surface area (Å²) in [5.41, 5.74) is 9.27. The van der Waals surface area contributed by atoms with Crippen LogP contribution in [0.3, 0.4) is 0 Å². The Morgan fingerprint density at radius 2 is 1.94 bits per heavy atom. The molecule has 94 valence electrons. The maximum absolute atomic E-state index is 12.6. The van der Waals surface area contributed by atoms with Gasteiger partial charge >= 0.3 is 6.18 Å². The third-order valence-electron chi connectivity index (χ3n) is 2.11. The smallest absolute Gasteiger partial charge is 0.382 e.